The molecule has 1 heterocycles. The van der Waals surface area contributed by atoms with E-state index in [2.05, 4.69) is 23.5 Å². The van der Waals surface area contributed by atoms with Gasteiger partial charge in [0.05, 0.1) is 5.69 Å². The molecule has 3 aromatic rings. The van der Waals surface area contributed by atoms with Gasteiger partial charge in [-0.25, -0.2) is 0 Å². The van der Waals surface area contributed by atoms with Crippen molar-refractivity contribution in [2.75, 3.05) is 17.2 Å². The van der Waals surface area contributed by atoms with Crippen LogP contribution in [0.3, 0.4) is 0 Å². The molecule has 0 aliphatic carbocycles. The molecule has 10 heteroatoms. The fourth-order valence-corrected chi connectivity index (χ4v) is 4.34. The number of nitrogen functional groups attached to an aromatic ring is 1. The van der Waals surface area contributed by atoms with Crippen molar-refractivity contribution in [3.05, 3.63) is 70.2 Å². The number of phenols is 1. The summed E-state index contributed by atoms with van der Waals surface area (Å²) in [5.41, 5.74) is 12.8. The Hall–Kier alpha value is -3.92. The Labute approximate surface area is 207 Å². The van der Waals surface area contributed by atoms with Gasteiger partial charge in [0.2, 0.25) is 5.91 Å². The Morgan fingerprint density at radius 2 is 1.77 bits per heavy atom. The SMILES string of the molecule is Cc1ccccc1N(C(=O)c1snc(C(N)=O)c1N)C(C(=O)NCCC(C)C)c1ccc(O)cc1. The van der Waals surface area contributed by atoms with E-state index in [1.807, 2.05) is 19.1 Å². The van der Waals surface area contributed by atoms with E-state index in [1.165, 1.54) is 17.0 Å². The molecule has 1 aromatic heterocycles. The molecule has 1 atom stereocenters. The summed E-state index contributed by atoms with van der Waals surface area (Å²) in [6, 6.07) is 12.1. The molecule has 0 aliphatic heterocycles. The minimum atomic E-state index is -1.09. The second-order valence-electron chi connectivity index (χ2n) is 8.57. The number of aromatic nitrogens is 1. The molecule has 3 amide bonds. The minimum Gasteiger partial charge on any atom is -0.508 e. The van der Waals surface area contributed by atoms with Gasteiger partial charge in [-0.05, 0) is 60.1 Å². The van der Waals surface area contributed by atoms with Gasteiger partial charge >= 0.3 is 0 Å². The third-order valence-electron chi connectivity index (χ3n) is 5.49. The Morgan fingerprint density at radius 1 is 1.11 bits per heavy atom. The second kappa shape index (κ2) is 11.0. The first-order chi connectivity index (χ1) is 16.6. The molecule has 9 nitrogen and oxygen atoms in total. The van der Waals surface area contributed by atoms with Crippen LogP contribution in [-0.4, -0.2) is 33.7 Å². The van der Waals surface area contributed by atoms with Crippen LogP contribution in [0, 0.1) is 12.8 Å². The fourth-order valence-electron chi connectivity index (χ4n) is 3.59. The molecular formula is C25H29N5O4S. The van der Waals surface area contributed by atoms with Crippen LogP contribution in [0.4, 0.5) is 11.4 Å². The molecule has 6 N–H and O–H groups in total. The van der Waals surface area contributed by atoms with Crippen molar-refractivity contribution in [2.24, 2.45) is 11.7 Å². The number of aromatic hydroxyl groups is 1. The molecule has 0 saturated carbocycles. The summed E-state index contributed by atoms with van der Waals surface area (Å²) < 4.78 is 3.95. The van der Waals surface area contributed by atoms with E-state index in [-0.39, 0.29) is 22.0 Å². The van der Waals surface area contributed by atoms with Crippen molar-refractivity contribution in [2.45, 2.75) is 33.2 Å². The molecule has 184 valence electrons. The number of phenolic OH excluding ortho intramolecular Hbond substituents is 1. The highest BCUT2D eigenvalue weighted by Crippen LogP contribution is 2.35. The Morgan fingerprint density at radius 3 is 2.34 bits per heavy atom. The maximum absolute atomic E-state index is 14.0. The van der Waals surface area contributed by atoms with Crippen LogP contribution in [0.25, 0.3) is 0 Å². The van der Waals surface area contributed by atoms with E-state index >= 15 is 0 Å². The maximum Gasteiger partial charge on any atom is 0.273 e. The summed E-state index contributed by atoms with van der Waals surface area (Å²) in [6.07, 6.45) is 0.760. The first kappa shape index (κ1) is 25.7. The van der Waals surface area contributed by atoms with E-state index < -0.39 is 23.8 Å². The standard InChI is InChI=1S/C25H29N5O4S/c1-14(2)12-13-28-24(33)21(16-8-10-17(31)11-9-16)30(18-7-5-4-6-15(18)3)25(34)22-19(26)20(23(27)32)29-35-22/h4-11,14,21,31H,12-13,26H2,1-3H3,(H2,27,32)(H,28,33). The van der Waals surface area contributed by atoms with E-state index in [0.717, 1.165) is 23.5 Å². The lowest BCUT2D eigenvalue weighted by atomic mass is 10.0. The summed E-state index contributed by atoms with van der Waals surface area (Å²) >= 11 is 0.751. The number of hydrogen-bond donors (Lipinski definition) is 4. The summed E-state index contributed by atoms with van der Waals surface area (Å²) in [4.78, 5) is 40.6. The zero-order chi connectivity index (χ0) is 25.7. The van der Waals surface area contributed by atoms with Crippen LogP contribution in [-0.2, 0) is 4.79 Å². The van der Waals surface area contributed by atoms with E-state index in [1.54, 1.807) is 24.3 Å². The third-order valence-corrected chi connectivity index (χ3v) is 6.34. The lowest BCUT2D eigenvalue weighted by molar-refractivity contribution is -0.122. The van der Waals surface area contributed by atoms with Crippen LogP contribution in [0.2, 0.25) is 0 Å². The molecule has 1 unspecified atom stereocenters. The number of primary amides is 1. The van der Waals surface area contributed by atoms with E-state index in [0.29, 0.717) is 23.7 Å². The number of nitrogens with two attached hydrogens (primary N) is 2. The summed E-state index contributed by atoms with van der Waals surface area (Å²) in [5, 5.41) is 12.7. The van der Waals surface area contributed by atoms with Gasteiger partial charge in [-0.15, -0.1) is 0 Å². The molecule has 0 aliphatic rings. The number of amides is 3. The first-order valence-corrected chi connectivity index (χ1v) is 11.9. The van der Waals surface area contributed by atoms with Gasteiger partial charge in [-0.2, -0.15) is 4.37 Å². The quantitative estimate of drug-likeness (QED) is 0.357. The van der Waals surface area contributed by atoms with Gasteiger partial charge < -0.3 is 21.9 Å². The van der Waals surface area contributed by atoms with Gasteiger partial charge in [-0.3, -0.25) is 19.3 Å². The van der Waals surface area contributed by atoms with Crippen LogP contribution in [0.1, 0.15) is 57.6 Å². The van der Waals surface area contributed by atoms with Crippen LogP contribution < -0.4 is 21.7 Å². The second-order valence-corrected chi connectivity index (χ2v) is 9.34. The number of nitrogens with zero attached hydrogens (tertiary/aromatic N) is 2. The fraction of sp³-hybridized carbons (Fsp3) is 0.280. The topological polar surface area (TPSA) is 152 Å². The lowest BCUT2D eigenvalue weighted by Gasteiger charge is -2.32. The molecule has 0 spiro atoms. The van der Waals surface area contributed by atoms with E-state index in [4.69, 9.17) is 11.5 Å². The van der Waals surface area contributed by atoms with Gasteiger partial charge in [0.25, 0.3) is 11.8 Å². The monoisotopic (exact) mass is 495 g/mol. The predicted octanol–water partition coefficient (Wildman–Crippen LogP) is 3.39. The smallest absolute Gasteiger partial charge is 0.273 e. The van der Waals surface area contributed by atoms with Gasteiger partial charge in [-0.1, -0.05) is 44.2 Å². The minimum absolute atomic E-state index is 0.000752. The van der Waals surface area contributed by atoms with Crippen molar-refractivity contribution < 1.29 is 19.5 Å². The first-order valence-electron chi connectivity index (χ1n) is 11.1. The van der Waals surface area contributed by atoms with Gasteiger partial charge in [0.15, 0.2) is 5.69 Å². The number of aryl methyl sites for hydroxylation is 1. The summed E-state index contributed by atoms with van der Waals surface area (Å²) in [6.45, 7) is 6.35. The number of nitrogens with one attached hydrogen (secondary N) is 1. The van der Waals surface area contributed by atoms with Crippen molar-refractivity contribution in [1.29, 1.82) is 0 Å². The number of para-hydroxylation sites is 1. The zero-order valence-corrected chi connectivity index (χ0v) is 20.6. The van der Waals surface area contributed by atoms with Crippen LogP contribution >= 0.6 is 11.5 Å². The number of anilines is 2. The average molecular weight is 496 g/mol. The number of hydrogen-bond acceptors (Lipinski definition) is 7. The molecule has 0 fully saturated rings. The highest BCUT2D eigenvalue weighted by molar-refractivity contribution is 7.09. The Balaban J connectivity index is 2.17. The van der Waals surface area contributed by atoms with Gasteiger partial charge in [0, 0.05) is 12.2 Å². The van der Waals surface area contributed by atoms with Crippen molar-refractivity contribution in [1.82, 2.24) is 9.69 Å². The predicted molar refractivity (Wildman–Crippen MR) is 136 cm³/mol. The number of carbonyl (C=O) groups excluding carboxylic acids is 3. The highest BCUT2D eigenvalue weighted by Gasteiger charge is 2.36. The Kier molecular flexibility index (Phi) is 8.08. The third kappa shape index (κ3) is 5.78. The van der Waals surface area contributed by atoms with Crippen LogP contribution in [0.5, 0.6) is 5.75 Å². The molecule has 0 bridgehead atoms. The number of rotatable bonds is 9. The zero-order valence-electron chi connectivity index (χ0n) is 19.8. The van der Waals surface area contributed by atoms with Crippen molar-refractivity contribution >= 4 is 40.6 Å². The van der Waals surface area contributed by atoms with Crippen molar-refractivity contribution in [3.8, 4) is 5.75 Å². The van der Waals surface area contributed by atoms with Crippen molar-refractivity contribution in [3.63, 3.8) is 0 Å². The molecule has 2 aromatic carbocycles. The van der Waals surface area contributed by atoms with Gasteiger partial charge in [0.1, 0.15) is 16.7 Å². The van der Waals surface area contributed by atoms with E-state index in [9.17, 15) is 19.5 Å². The summed E-state index contributed by atoms with van der Waals surface area (Å²) in [5.74, 6) is -1.44. The number of carbonyl (C=O) groups is 3. The lowest BCUT2D eigenvalue weighted by Crippen LogP contribution is -2.44. The summed E-state index contributed by atoms with van der Waals surface area (Å²) in [7, 11) is 0. The molecule has 35 heavy (non-hydrogen) atoms. The molecule has 0 radical (unpaired) electrons. The van der Waals surface area contributed by atoms with Crippen LogP contribution in [0.15, 0.2) is 48.5 Å². The molecule has 0 saturated heterocycles. The maximum atomic E-state index is 14.0. The average Bonchev–Trinajstić information content (AvgIpc) is 3.20. The molecule has 3 rings (SSSR count). The Bertz CT molecular complexity index is 1220. The largest absolute Gasteiger partial charge is 0.508 e. The highest BCUT2D eigenvalue weighted by atomic mass is 32.1. The molecular weight excluding hydrogens is 466 g/mol. The number of benzene rings is 2. The normalized spacial score (nSPS) is 11.8.